The average molecular weight is 248 g/mol. The molecule has 0 fully saturated rings. The lowest BCUT2D eigenvalue weighted by atomic mass is 9.97. The fraction of sp³-hybridized carbons (Fsp3) is 0.625. The minimum atomic E-state index is 0.0849. The van der Waals surface area contributed by atoms with Crippen molar-refractivity contribution in [1.82, 2.24) is 0 Å². The third-order valence-corrected chi connectivity index (χ3v) is 3.48. The fourth-order valence-corrected chi connectivity index (χ4v) is 2.21. The van der Waals surface area contributed by atoms with E-state index in [1.807, 2.05) is 6.92 Å². The van der Waals surface area contributed by atoms with Gasteiger partial charge in [-0.3, -0.25) is 0 Å². The summed E-state index contributed by atoms with van der Waals surface area (Å²) in [7, 11) is 0. The van der Waals surface area contributed by atoms with E-state index in [0.29, 0.717) is 0 Å². The molecule has 2 atom stereocenters. The summed E-state index contributed by atoms with van der Waals surface area (Å²) in [6.45, 7) is 4.25. The Hall–Kier alpha value is -0.860. The first-order valence-electron chi connectivity index (χ1n) is 7.26. The summed E-state index contributed by atoms with van der Waals surface area (Å²) in [6.07, 6.45) is 7.57. The van der Waals surface area contributed by atoms with Gasteiger partial charge in [-0.1, -0.05) is 63.3 Å². The molecule has 0 amide bonds. The van der Waals surface area contributed by atoms with Crippen LogP contribution in [0.2, 0.25) is 0 Å². The maximum Gasteiger partial charge on any atom is 0.0294 e. The Bertz CT molecular complexity index is 334. The summed E-state index contributed by atoms with van der Waals surface area (Å²) >= 11 is 0. The van der Waals surface area contributed by atoms with Crippen LogP contribution in [-0.2, 0) is 0 Å². The number of hydrogen-bond acceptors (Lipinski definition) is 2. The predicted octanol–water partition coefficient (Wildman–Crippen LogP) is 4.07. The van der Waals surface area contributed by atoms with E-state index < -0.39 is 0 Å². The molecule has 1 aromatic carbocycles. The molecule has 0 aliphatic rings. The lowest BCUT2D eigenvalue weighted by molar-refractivity contribution is 0.555. The lowest BCUT2D eigenvalue weighted by Gasteiger charge is -2.14. The number of benzene rings is 1. The molecule has 0 saturated heterocycles. The quantitative estimate of drug-likeness (QED) is 0.681. The molecule has 18 heavy (non-hydrogen) atoms. The standard InChI is InChI=1S/C16H28N2/c1-3-4-5-6-7-11-16(18)15-10-8-9-14(12-15)13(2)17/h8-10,12-13,16H,3-7,11,17-18H2,1-2H3. The van der Waals surface area contributed by atoms with Gasteiger partial charge in [0.15, 0.2) is 0 Å². The molecule has 1 rings (SSSR count). The van der Waals surface area contributed by atoms with Crippen LogP contribution in [0.5, 0.6) is 0 Å². The Morgan fingerprint density at radius 3 is 2.33 bits per heavy atom. The molecule has 102 valence electrons. The number of unbranched alkanes of at least 4 members (excludes halogenated alkanes) is 4. The van der Waals surface area contributed by atoms with Crippen LogP contribution in [0.3, 0.4) is 0 Å². The van der Waals surface area contributed by atoms with E-state index in [4.69, 9.17) is 11.5 Å². The van der Waals surface area contributed by atoms with Gasteiger partial charge >= 0.3 is 0 Å². The van der Waals surface area contributed by atoms with Crippen LogP contribution in [0.4, 0.5) is 0 Å². The molecule has 4 N–H and O–H groups in total. The maximum absolute atomic E-state index is 6.24. The molecule has 0 aliphatic heterocycles. The molecular formula is C16H28N2. The van der Waals surface area contributed by atoms with Crippen LogP contribution in [0.1, 0.15) is 75.6 Å². The van der Waals surface area contributed by atoms with Gasteiger partial charge in [0.25, 0.3) is 0 Å². The third kappa shape index (κ3) is 5.19. The molecule has 0 radical (unpaired) electrons. The number of rotatable bonds is 8. The van der Waals surface area contributed by atoms with E-state index in [-0.39, 0.29) is 12.1 Å². The monoisotopic (exact) mass is 248 g/mol. The van der Waals surface area contributed by atoms with Gasteiger partial charge in [-0.15, -0.1) is 0 Å². The van der Waals surface area contributed by atoms with E-state index in [9.17, 15) is 0 Å². The van der Waals surface area contributed by atoms with E-state index in [0.717, 1.165) is 6.42 Å². The largest absolute Gasteiger partial charge is 0.324 e. The van der Waals surface area contributed by atoms with Gasteiger partial charge in [-0.05, 0) is 24.5 Å². The maximum atomic E-state index is 6.24. The Morgan fingerprint density at radius 1 is 1.00 bits per heavy atom. The van der Waals surface area contributed by atoms with Crippen LogP contribution in [-0.4, -0.2) is 0 Å². The normalized spacial score (nSPS) is 14.4. The van der Waals surface area contributed by atoms with Gasteiger partial charge in [0.2, 0.25) is 0 Å². The van der Waals surface area contributed by atoms with Crippen molar-refractivity contribution < 1.29 is 0 Å². The van der Waals surface area contributed by atoms with Crippen molar-refractivity contribution in [3.05, 3.63) is 35.4 Å². The average Bonchev–Trinajstić information content (AvgIpc) is 2.38. The first kappa shape index (κ1) is 15.2. The van der Waals surface area contributed by atoms with Crippen LogP contribution in [0, 0.1) is 0 Å². The van der Waals surface area contributed by atoms with Gasteiger partial charge in [0.1, 0.15) is 0 Å². The third-order valence-electron chi connectivity index (χ3n) is 3.48. The van der Waals surface area contributed by atoms with E-state index in [2.05, 4.69) is 31.2 Å². The van der Waals surface area contributed by atoms with Crippen molar-refractivity contribution in [2.75, 3.05) is 0 Å². The minimum absolute atomic E-state index is 0.0849. The highest BCUT2D eigenvalue weighted by atomic mass is 14.6. The summed E-state index contributed by atoms with van der Waals surface area (Å²) < 4.78 is 0. The lowest BCUT2D eigenvalue weighted by Crippen LogP contribution is -2.12. The molecule has 2 nitrogen and oxygen atoms in total. The zero-order valence-corrected chi connectivity index (χ0v) is 11.9. The van der Waals surface area contributed by atoms with Crippen molar-refractivity contribution in [2.45, 2.75) is 64.5 Å². The molecule has 0 heterocycles. The second-order valence-electron chi connectivity index (χ2n) is 5.27. The second-order valence-corrected chi connectivity index (χ2v) is 5.27. The smallest absolute Gasteiger partial charge is 0.0294 e. The van der Waals surface area contributed by atoms with Gasteiger partial charge in [-0.2, -0.15) is 0 Å². The zero-order valence-electron chi connectivity index (χ0n) is 11.9. The van der Waals surface area contributed by atoms with Crippen molar-refractivity contribution in [1.29, 1.82) is 0 Å². The Morgan fingerprint density at radius 2 is 1.67 bits per heavy atom. The van der Waals surface area contributed by atoms with Gasteiger partial charge in [0.05, 0.1) is 0 Å². The fourth-order valence-electron chi connectivity index (χ4n) is 2.21. The SMILES string of the molecule is CCCCCCCC(N)c1cccc(C(C)N)c1. The Kier molecular flexibility index (Phi) is 6.99. The molecule has 0 bridgehead atoms. The van der Waals surface area contributed by atoms with Gasteiger partial charge in [-0.25, -0.2) is 0 Å². The topological polar surface area (TPSA) is 52.0 Å². The predicted molar refractivity (Wildman–Crippen MR) is 79.3 cm³/mol. The van der Waals surface area contributed by atoms with Crippen LogP contribution in [0.15, 0.2) is 24.3 Å². The molecule has 2 unspecified atom stereocenters. The minimum Gasteiger partial charge on any atom is -0.324 e. The van der Waals surface area contributed by atoms with E-state index >= 15 is 0 Å². The highest BCUT2D eigenvalue weighted by Crippen LogP contribution is 2.21. The van der Waals surface area contributed by atoms with Crippen molar-refractivity contribution >= 4 is 0 Å². The van der Waals surface area contributed by atoms with Gasteiger partial charge in [0, 0.05) is 12.1 Å². The zero-order chi connectivity index (χ0) is 13.4. The highest BCUT2D eigenvalue weighted by molar-refractivity contribution is 5.27. The van der Waals surface area contributed by atoms with E-state index in [1.54, 1.807) is 0 Å². The van der Waals surface area contributed by atoms with Gasteiger partial charge < -0.3 is 11.5 Å². The molecule has 1 aromatic rings. The van der Waals surface area contributed by atoms with Crippen molar-refractivity contribution in [2.24, 2.45) is 11.5 Å². The van der Waals surface area contributed by atoms with Crippen LogP contribution in [0.25, 0.3) is 0 Å². The van der Waals surface area contributed by atoms with E-state index in [1.165, 1.54) is 43.2 Å². The number of hydrogen-bond donors (Lipinski definition) is 2. The molecule has 0 aromatic heterocycles. The second kappa shape index (κ2) is 8.28. The van der Waals surface area contributed by atoms with Crippen molar-refractivity contribution in [3.8, 4) is 0 Å². The first-order chi connectivity index (χ1) is 8.65. The molecule has 0 aliphatic carbocycles. The first-order valence-corrected chi connectivity index (χ1v) is 7.26. The van der Waals surface area contributed by atoms with Crippen molar-refractivity contribution in [3.63, 3.8) is 0 Å². The molecular weight excluding hydrogens is 220 g/mol. The summed E-state index contributed by atoms with van der Waals surface area (Å²) in [4.78, 5) is 0. The van der Waals surface area contributed by atoms with Crippen LogP contribution < -0.4 is 11.5 Å². The summed E-state index contributed by atoms with van der Waals surface area (Å²) in [6, 6.07) is 8.64. The number of nitrogens with two attached hydrogens (primary N) is 2. The highest BCUT2D eigenvalue weighted by Gasteiger charge is 2.07. The molecule has 0 saturated carbocycles. The Balaban J connectivity index is 2.41. The molecule has 0 spiro atoms. The summed E-state index contributed by atoms with van der Waals surface area (Å²) in [5.41, 5.74) is 14.5. The van der Waals surface area contributed by atoms with Crippen LogP contribution >= 0.6 is 0 Å². The Labute approximate surface area is 112 Å². The molecule has 2 heteroatoms. The summed E-state index contributed by atoms with van der Waals surface area (Å²) in [5.74, 6) is 0. The summed E-state index contributed by atoms with van der Waals surface area (Å²) in [5, 5.41) is 0.